The van der Waals surface area contributed by atoms with Gasteiger partial charge in [-0.3, -0.25) is 9.59 Å². The third-order valence-corrected chi connectivity index (χ3v) is 4.33. The Labute approximate surface area is 153 Å². The Balaban J connectivity index is 1.58. The second-order valence-electron chi connectivity index (χ2n) is 5.46. The first kappa shape index (κ1) is 17.8. The topological polar surface area (TPSA) is 68.3 Å². The zero-order valence-corrected chi connectivity index (χ0v) is 14.7. The van der Waals surface area contributed by atoms with Crippen molar-refractivity contribution >= 4 is 28.7 Å². The fourth-order valence-corrected chi connectivity index (χ4v) is 2.83. The number of nitrogens with one attached hydrogen (secondary N) is 1. The Morgan fingerprint density at radius 1 is 1.12 bits per heavy atom. The largest absolute Gasteiger partial charge is 0.486 e. The van der Waals surface area contributed by atoms with Gasteiger partial charge in [0.05, 0.1) is 0 Å². The molecule has 0 atom stereocenters. The van der Waals surface area contributed by atoms with E-state index in [0.29, 0.717) is 22.0 Å². The number of rotatable bonds is 6. The van der Waals surface area contributed by atoms with Gasteiger partial charge in [0.2, 0.25) is 0 Å². The number of ether oxygens (including phenoxy) is 1. The molecular weight excluding hydrogens is 355 g/mol. The van der Waals surface area contributed by atoms with Crippen LogP contribution in [-0.2, 0) is 6.61 Å². The number of benzene rings is 2. The number of Topliss-reactive ketones (excluding diaryl/α,β-unsaturated/α-hetero) is 1. The van der Waals surface area contributed by atoms with E-state index in [2.05, 4.69) is 10.3 Å². The van der Waals surface area contributed by atoms with E-state index in [1.54, 1.807) is 29.6 Å². The van der Waals surface area contributed by atoms with Crippen LogP contribution in [0.15, 0.2) is 53.9 Å². The van der Waals surface area contributed by atoms with Crippen LogP contribution in [0.3, 0.4) is 0 Å². The maximum Gasteiger partial charge on any atom is 0.275 e. The van der Waals surface area contributed by atoms with Gasteiger partial charge in [-0.1, -0.05) is 0 Å². The van der Waals surface area contributed by atoms with Crippen LogP contribution in [0.1, 0.15) is 32.8 Å². The normalized spacial score (nSPS) is 10.4. The summed E-state index contributed by atoms with van der Waals surface area (Å²) in [7, 11) is 0. The molecule has 0 saturated carbocycles. The molecule has 0 bridgehead atoms. The van der Waals surface area contributed by atoms with Crippen LogP contribution in [0.5, 0.6) is 5.75 Å². The van der Waals surface area contributed by atoms with Gasteiger partial charge >= 0.3 is 0 Å². The lowest BCUT2D eigenvalue weighted by Crippen LogP contribution is -2.12. The van der Waals surface area contributed by atoms with Crippen molar-refractivity contribution in [3.05, 3.63) is 76.0 Å². The van der Waals surface area contributed by atoms with Gasteiger partial charge in [-0.05, 0) is 55.5 Å². The number of carbonyl (C=O) groups is 2. The molecule has 0 aliphatic carbocycles. The number of nitrogens with zero attached hydrogens (tertiary/aromatic N) is 1. The first-order valence-electron chi connectivity index (χ1n) is 7.76. The van der Waals surface area contributed by atoms with Gasteiger partial charge in [0.1, 0.15) is 28.9 Å². The highest BCUT2D eigenvalue weighted by molar-refractivity contribution is 7.09. The predicted molar refractivity (Wildman–Crippen MR) is 97.2 cm³/mol. The number of amides is 1. The summed E-state index contributed by atoms with van der Waals surface area (Å²) in [6, 6.07) is 12.3. The molecule has 0 spiro atoms. The van der Waals surface area contributed by atoms with Gasteiger partial charge in [0.25, 0.3) is 5.91 Å². The lowest BCUT2D eigenvalue weighted by atomic mass is 10.1. The van der Waals surface area contributed by atoms with Gasteiger partial charge < -0.3 is 10.1 Å². The molecule has 1 heterocycles. The minimum Gasteiger partial charge on any atom is -0.486 e. The Morgan fingerprint density at radius 3 is 2.46 bits per heavy atom. The average molecular weight is 370 g/mol. The Morgan fingerprint density at radius 2 is 1.81 bits per heavy atom. The summed E-state index contributed by atoms with van der Waals surface area (Å²) in [6.07, 6.45) is 0. The summed E-state index contributed by atoms with van der Waals surface area (Å²) >= 11 is 1.30. The average Bonchev–Trinajstić information content (AvgIpc) is 3.11. The number of hydrogen-bond acceptors (Lipinski definition) is 5. The van der Waals surface area contributed by atoms with Crippen molar-refractivity contribution in [1.82, 2.24) is 4.98 Å². The number of thiazole rings is 1. The van der Waals surface area contributed by atoms with Gasteiger partial charge in [0.15, 0.2) is 5.78 Å². The van der Waals surface area contributed by atoms with Crippen LogP contribution in [0.2, 0.25) is 0 Å². The molecule has 0 radical (unpaired) electrons. The first-order valence-corrected chi connectivity index (χ1v) is 8.64. The van der Waals surface area contributed by atoms with Crippen molar-refractivity contribution in [1.29, 1.82) is 0 Å². The third kappa shape index (κ3) is 4.52. The standard InChI is InChI=1S/C19H15FN2O3S/c1-12(23)13-2-6-15(7-3-13)21-19(24)17-11-26-18(22-17)10-25-16-8-4-14(20)5-9-16/h2-9,11H,10H2,1H3,(H,21,24). The minimum atomic E-state index is -0.343. The Hall–Kier alpha value is -3.06. The molecule has 5 nitrogen and oxygen atoms in total. The van der Waals surface area contributed by atoms with Crippen molar-refractivity contribution in [3.8, 4) is 5.75 Å². The molecule has 0 saturated heterocycles. The van der Waals surface area contributed by atoms with E-state index >= 15 is 0 Å². The number of halogens is 1. The predicted octanol–water partition coefficient (Wildman–Crippen LogP) is 4.32. The summed E-state index contributed by atoms with van der Waals surface area (Å²) in [6.45, 7) is 1.68. The van der Waals surface area contributed by atoms with E-state index < -0.39 is 0 Å². The van der Waals surface area contributed by atoms with Crippen LogP contribution >= 0.6 is 11.3 Å². The molecule has 1 amide bonds. The summed E-state index contributed by atoms with van der Waals surface area (Å²) < 4.78 is 18.4. The molecule has 3 aromatic rings. The molecule has 0 fully saturated rings. The van der Waals surface area contributed by atoms with Crippen LogP contribution < -0.4 is 10.1 Å². The van der Waals surface area contributed by atoms with Crippen molar-refractivity contribution in [3.63, 3.8) is 0 Å². The van der Waals surface area contributed by atoms with Gasteiger partial charge in [0, 0.05) is 16.6 Å². The van der Waals surface area contributed by atoms with Gasteiger partial charge in [-0.25, -0.2) is 9.37 Å². The summed E-state index contributed by atoms with van der Waals surface area (Å²) in [5, 5.41) is 5.00. The van der Waals surface area contributed by atoms with E-state index in [1.807, 2.05) is 0 Å². The lowest BCUT2D eigenvalue weighted by Gasteiger charge is -2.04. The van der Waals surface area contributed by atoms with E-state index in [0.717, 1.165) is 0 Å². The number of aromatic nitrogens is 1. The maximum absolute atomic E-state index is 12.9. The lowest BCUT2D eigenvalue weighted by molar-refractivity contribution is 0.101. The smallest absolute Gasteiger partial charge is 0.275 e. The van der Waals surface area contributed by atoms with E-state index in [1.165, 1.54) is 42.5 Å². The molecule has 1 N–H and O–H groups in total. The number of anilines is 1. The number of hydrogen-bond donors (Lipinski definition) is 1. The maximum atomic E-state index is 12.9. The van der Waals surface area contributed by atoms with Crippen molar-refractivity contribution in [2.75, 3.05) is 5.32 Å². The number of ketones is 1. The summed E-state index contributed by atoms with van der Waals surface area (Å²) in [5.74, 6) is -0.182. The Bertz CT molecular complexity index is 921. The molecule has 26 heavy (non-hydrogen) atoms. The highest BCUT2D eigenvalue weighted by Gasteiger charge is 2.12. The fraction of sp³-hybridized carbons (Fsp3) is 0.105. The van der Waals surface area contributed by atoms with Crippen LogP contribution in [-0.4, -0.2) is 16.7 Å². The zero-order chi connectivity index (χ0) is 18.5. The molecule has 0 unspecified atom stereocenters. The van der Waals surface area contributed by atoms with Crippen LogP contribution in [0.25, 0.3) is 0 Å². The van der Waals surface area contributed by atoms with E-state index in [-0.39, 0.29) is 29.8 Å². The van der Waals surface area contributed by atoms with Crippen molar-refractivity contribution in [2.45, 2.75) is 13.5 Å². The molecule has 2 aromatic carbocycles. The van der Waals surface area contributed by atoms with E-state index in [4.69, 9.17) is 4.74 Å². The number of carbonyl (C=O) groups excluding carboxylic acids is 2. The fourth-order valence-electron chi connectivity index (χ4n) is 2.14. The highest BCUT2D eigenvalue weighted by atomic mass is 32.1. The second-order valence-corrected chi connectivity index (χ2v) is 6.40. The molecule has 1 aromatic heterocycles. The highest BCUT2D eigenvalue weighted by Crippen LogP contribution is 2.17. The van der Waals surface area contributed by atoms with Gasteiger partial charge in [-0.2, -0.15) is 0 Å². The molecule has 3 rings (SSSR count). The third-order valence-electron chi connectivity index (χ3n) is 3.51. The van der Waals surface area contributed by atoms with E-state index in [9.17, 15) is 14.0 Å². The van der Waals surface area contributed by atoms with Crippen LogP contribution in [0.4, 0.5) is 10.1 Å². The van der Waals surface area contributed by atoms with Crippen molar-refractivity contribution in [2.24, 2.45) is 0 Å². The van der Waals surface area contributed by atoms with Crippen LogP contribution in [0, 0.1) is 5.82 Å². The molecule has 132 valence electrons. The monoisotopic (exact) mass is 370 g/mol. The SMILES string of the molecule is CC(=O)c1ccc(NC(=O)c2csc(COc3ccc(F)cc3)n2)cc1. The zero-order valence-electron chi connectivity index (χ0n) is 13.9. The summed E-state index contributed by atoms with van der Waals surface area (Å²) in [5.41, 5.74) is 1.44. The Kier molecular flexibility index (Phi) is 5.38. The molecule has 0 aliphatic rings. The second kappa shape index (κ2) is 7.88. The first-order chi connectivity index (χ1) is 12.5. The molecule has 0 aliphatic heterocycles. The van der Waals surface area contributed by atoms with Crippen molar-refractivity contribution < 1.29 is 18.7 Å². The summed E-state index contributed by atoms with van der Waals surface area (Å²) in [4.78, 5) is 27.7. The van der Waals surface area contributed by atoms with Gasteiger partial charge in [-0.15, -0.1) is 11.3 Å². The minimum absolute atomic E-state index is 0.0341. The molecular formula is C19H15FN2O3S. The molecule has 7 heteroatoms. The quantitative estimate of drug-likeness (QED) is 0.656.